The van der Waals surface area contributed by atoms with Gasteiger partial charge in [0.05, 0.1) is 17.1 Å². The zero-order valence-corrected chi connectivity index (χ0v) is 17.8. The molecule has 1 aromatic carbocycles. The van der Waals surface area contributed by atoms with Gasteiger partial charge in [0, 0.05) is 28.9 Å². The zero-order valence-electron chi connectivity index (χ0n) is 16.3. The Labute approximate surface area is 191 Å². The second-order valence-corrected chi connectivity index (χ2v) is 7.30. The van der Waals surface area contributed by atoms with Gasteiger partial charge in [-0.1, -0.05) is 23.2 Å². The number of aromatic nitrogens is 4. The number of aliphatic hydroxyl groups excluding tert-OH is 1. The van der Waals surface area contributed by atoms with Gasteiger partial charge in [-0.05, 0) is 24.3 Å². The van der Waals surface area contributed by atoms with E-state index in [1.54, 1.807) is 24.3 Å². The van der Waals surface area contributed by atoms with Crippen molar-refractivity contribution in [3.05, 3.63) is 63.8 Å². The van der Waals surface area contributed by atoms with E-state index < -0.39 is 5.95 Å². The molecule has 0 atom stereocenters. The predicted octanol–water partition coefficient (Wildman–Crippen LogP) is 4.29. The number of hydrogen-bond acceptors (Lipinski definition) is 7. The second-order valence-electron chi connectivity index (χ2n) is 6.52. The molecule has 32 heavy (non-hydrogen) atoms. The maximum Gasteiger partial charge on any atom is 0.232 e. The number of ether oxygens (including phenoxy) is 2. The Bertz CT molecular complexity index is 1340. The summed E-state index contributed by atoms with van der Waals surface area (Å²) >= 11 is 12.0. The van der Waals surface area contributed by atoms with Crippen LogP contribution in [0.4, 0.5) is 4.39 Å². The molecule has 0 saturated carbocycles. The second kappa shape index (κ2) is 9.36. The molecule has 0 spiro atoms. The zero-order chi connectivity index (χ0) is 22.7. The molecule has 0 aliphatic rings. The SMILES string of the molecule is N#Cc1cc(-c2n[nH]c3ccc(OCc4c(Cl)cnc(F)c4Cl)cc23)cnc1OCCO. The minimum atomic E-state index is -0.825. The first-order valence-corrected chi connectivity index (χ1v) is 10.0. The fourth-order valence-corrected chi connectivity index (χ4v) is 3.44. The highest BCUT2D eigenvalue weighted by molar-refractivity contribution is 6.35. The largest absolute Gasteiger partial charge is 0.489 e. The summed E-state index contributed by atoms with van der Waals surface area (Å²) in [4.78, 5) is 7.63. The number of fused-ring (bicyclic) bond motifs is 1. The molecule has 0 aliphatic heterocycles. The fraction of sp³-hybridized carbons (Fsp3) is 0.143. The first kappa shape index (κ1) is 21.8. The monoisotopic (exact) mass is 473 g/mol. The van der Waals surface area contributed by atoms with Crippen LogP contribution in [0.1, 0.15) is 11.1 Å². The van der Waals surface area contributed by atoms with E-state index >= 15 is 0 Å². The molecular formula is C21H14Cl2FN5O3. The Morgan fingerprint density at radius 2 is 2.00 bits per heavy atom. The molecule has 8 nitrogen and oxygen atoms in total. The molecule has 2 N–H and O–H groups in total. The fourth-order valence-electron chi connectivity index (χ4n) is 2.99. The Morgan fingerprint density at radius 1 is 1.16 bits per heavy atom. The van der Waals surface area contributed by atoms with Crippen LogP contribution in [0.25, 0.3) is 22.2 Å². The number of pyridine rings is 2. The first-order chi connectivity index (χ1) is 15.5. The molecule has 0 unspecified atom stereocenters. The predicted molar refractivity (Wildman–Crippen MR) is 115 cm³/mol. The number of rotatable bonds is 7. The van der Waals surface area contributed by atoms with E-state index in [2.05, 4.69) is 20.2 Å². The molecule has 0 amide bonds. The van der Waals surface area contributed by atoms with Gasteiger partial charge >= 0.3 is 0 Å². The van der Waals surface area contributed by atoms with E-state index in [1.165, 1.54) is 12.4 Å². The van der Waals surface area contributed by atoms with Gasteiger partial charge in [0.25, 0.3) is 0 Å². The van der Waals surface area contributed by atoms with Crippen LogP contribution >= 0.6 is 23.2 Å². The van der Waals surface area contributed by atoms with E-state index in [9.17, 15) is 9.65 Å². The van der Waals surface area contributed by atoms with Crippen LogP contribution in [0.2, 0.25) is 10.0 Å². The Hall–Kier alpha value is -3.45. The molecule has 3 aromatic heterocycles. The topological polar surface area (TPSA) is 117 Å². The number of nitrogens with zero attached hydrogens (tertiary/aromatic N) is 4. The highest BCUT2D eigenvalue weighted by atomic mass is 35.5. The Kier molecular flexibility index (Phi) is 6.37. The van der Waals surface area contributed by atoms with E-state index in [4.69, 9.17) is 37.8 Å². The van der Waals surface area contributed by atoms with Crippen LogP contribution in [-0.4, -0.2) is 38.5 Å². The van der Waals surface area contributed by atoms with Crippen LogP contribution < -0.4 is 9.47 Å². The van der Waals surface area contributed by atoms with Gasteiger partial charge in [0.2, 0.25) is 11.8 Å². The molecule has 11 heteroatoms. The summed E-state index contributed by atoms with van der Waals surface area (Å²) in [5.41, 5.74) is 2.37. The lowest BCUT2D eigenvalue weighted by atomic mass is 10.1. The standard InChI is InChI=1S/C21H14Cl2FN5O3/c22-16-9-26-20(24)18(23)15(16)10-32-13-1-2-17-14(6-13)19(29-28-17)12-5-11(7-25)21(27-8-12)31-4-3-30/h1-2,5-6,8-9,30H,3-4,10H2,(H,28,29). The molecule has 4 aromatic rings. The molecule has 162 valence electrons. The molecular weight excluding hydrogens is 460 g/mol. The number of aromatic amines is 1. The molecule has 0 bridgehead atoms. The van der Waals surface area contributed by atoms with Gasteiger partial charge < -0.3 is 14.6 Å². The normalized spacial score (nSPS) is 10.8. The van der Waals surface area contributed by atoms with E-state index in [1.807, 2.05) is 6.07 Å². The molecule has 0 saturated heterocycles. The minimum absolute atomic E-state index is 0.0302. The molecule has 0 radical (unpaired) electrons. The van der Waals surface area contributed by atoms with Crippen LogP contribution in [0, 0.1) is 17.3 Å². The van der Waals surface area contributed by atoms with Crippen LogP contribution in [-0.2, 0) is 6.61 Å². The van der Waals surface area contributed by atoms with E-state index in [0.29, 0.717) is 17.0 Å². The molecule has 3 heterocycles. The van der Waals surface area contributed by atoms with Gasteiger partial charge in [-0.3, -0.25) is 5.10 Å². The summed E-state index contributed by atoms with van der Waals surface area (Å²) in [6.07, 6.45) is 2.70. The van der Waals surface area contributed by atoms with Gasteiger partial charge in [-0.2, -0.15) is 14.8 Å². The highest BCUT2D eigenvalue weighted by Gasteiger charge is 2.15. The number of hydrogen-bond donors (Lipinski definition) is 2. The van der Waals surface area contributed by atoms with Crippen molar-refractivity contribution in [2.24, 2.45) is 0 Å². The maximum absolute atomic E-state index is 13.6. The van der Waals surface area contributed by atoms with Gasteiger partial charge in [-0.15, -0.1) is 0 Å². The van der Waals surface area contributed by atoms with Gasteiger partial charge in [0.15, 0.2) is 0 Å². The summed E-state index contributed by atoms with van der Waals surface area (Å²) in [5, 5.41) is 26.3. The van der Waals surface area contributed by atoms with Crippen molar-refractivity contribution < 1.29 is 19.0 Å². The van der Waals surface area contributed by atoms with E-state index in [0.717, 1.165) is 10.9 Å². The maximum atomic E-state index is 13.6. The van der Waals surface area contributed by atoms with Crippen molar-refractivity contribution in [2.75, 3.05) is 13.2 Å². The van der Waals surface area contributed by atoms with Gasteiger partial charge in [0.1, 0.15) is 41.3 Å². The van der Waals surface area contributed by atoms with Crippen LogP contribution in [0.3, 0.4) is 0 Å². The average molecular weight is 474 g/mol. The highest BCUT2D eigenvalue weighted by Crippen LogP contribution is 2.32. The molecule has 0 aliphatic carbocycles. The summed E-state index contributed by atoms with van der Waals surface area (Å²) in [7, 11) is 0. The van der Waals surface area contributed by atoms with Crippen LogP contribution in [0.5, 0.6) is 11.6 Å². The smallest absolute Gasteiger partial charge is 0.232 e. The Balaban J connectivity index is 1.64. The van der Waals surface area contributed by atoms with Crippen molar-refractivity contribution in [1.29, 1.82) is 5.26 Å². The minimum Gasteiger partial charge on any atom is -0.489 e. The number of nitriles is 1. The lowest BCUT2D eigenvalue weighted by Crippen LogP contribution is -2.04. The van der Waals surface area contributed by atoms with Crippen molar-refractivity contribution in [2.45, 2.75) is 6.61 Å². The van der Waals surface area contributed by atoms with E-state index in [-0.39, 0.29) is 46.9 Å². The molecule has 0 fully saturated rings. The lowest BCUT2D eigenvalue weighted by Gasteiger charge is -2.10. The van der Waals surface area contributed by atoms with Crippen molar-refractivity contribution in [3.8, 4) is 29.0 Å². The summed E-state index contributed by atoms with van der Waals surface area (Å²) in [5.74, 6) is -0.220. The average Bonchev–Trinajstić information content (AvgIpc) is 3.23. The number of H-pyrrole nitrogens is 1. The number of benzene rings is 1. The summed E-state index contributed by atoms with van der Waals surface area (Å²) < 4.78 is 24.7. The van der Waals surface area contributed by atoms with Crippen molar-refractivity contribution in [3.63, 3.8) is 0 Å². The third-order valence-corrected chi connectivity index (χ3v) is 5.23. The first-order valence-electron chi connectivity index (χ1n) is 9.25. The number of nitrogens with one attached hydrogen (secondary N) is 1. The van der Waals surface area contributed by atoms with Crippen molar-refractivity contribution >= 4 is 34.1 Å². The van der Waals surface area contributed by atoms with Gasteiger partial charge in [-0.25, -0.2) is 9.97 Å². The number of halogens is 3. The quantitative estimate of drug-likeness (QED) is 0.384. The molecule has 4 rings (SSSR count). The summed E-state index contributed by atoms with van der Waals surface area (Å²) in [6, 6.07) is 8.86. The third-order valence-electron chi connectivity index (χ3n) is 4.52. The Morgan fingerprint density at radius 3 is 2.78 bits per heavy atom. The van der Waals surface area contributed by atoms with Crippen LogP contribution in [0.15, 0.2) is 36.7 Å². The van der Waals surface area contributed by atoms with Crippen molar-refractivity contribution in [1.82, 2.24) is 20.2 Å². The third kappa shape index (κ3) is 4.29. The number of aliphatic hydroxyl groups is 1. The lowest BCUT2D eigenvalue weighted by molar-refractivity contribution is 0.196. The summed E-state index contributed by atoms with van der Waals surface area (Å²) in [6.45, 7) is -0.223.